The first-order valence-corrected chi connectivity index (χ1v) is 7.29. The molecule has 0 saturated heterocycles. The fourth-order valence-electron chi connectivity index (χ4n) is 2.79. The van der Waals surface area contributed by atoms with Crippen molar-refractivity contribution in [2.75, 3.05) is 11.9 Å². The number of rotatable bonds is 3. The summed E-state index contributed by atoms with van der Waals surface area (Å²) in [6.07, 6.45) is 4.32. The Morgan fingerprint density at radius 2 is 2.05 bits per heavy atom. The summed E-state index contributed by atoms with van der Waals surface area (Å²) < 4.78 is 0. The fourth-order valence-corrected chi connectivity index (χ4v) is 2.79. The zero-order chi connectivity index (χ0) is 14.7. The molecule has 0 saturated carbocycles. The van der Waals surface area contributed by atoms with Gasteiger partial charge in [-0.2, -0.15) is 0 Å². The molecular formula is C17H19N3O. The van der Waals surface area contributed by atoms with Crippen LogP contribution in [0.15, 0.2) is 48.8 Å². The summed E-state index contributed by atoms with van der Waals surface area (Å²) in [6.45, 7) is 2.83. The van der Waals surface area contributed by atoms with Gasteiger partial charge in [-0.1, -0.05) is 18.2 Å². The van der Waals surface area contributed by atoms with Crippen molar-refractivity contribution in [1.29, 1.82) is 0 Å². The maximum atomic E-state index is 12.6. The number of nitrogens with zero attached hydrogens (tertiary/aromatic N) is 1. The monoisotopic (exact) mass is 281 g/mol. The summed E-state index contributed by atoms with van der Waals surface area (Å²) in [5, 5.41) is 6.46. The van der Waals surface area contributed by atoms with Crippen molar-refractivity contribution in [2.45, 2.75) is 25.3 Å². The first-order chi connectivity index (χ1) is 10.3. The van der Waals surface area contributed by atoms with E-state index in [1.54, 1.807) is 12.4 Å². The molecule has 4 heteroatoms. The Morgan fingerprint density at radius 3 is 2.86 bits per heavy atom. The smallest absolute Gasteiger partial charge is 0.228 e. The van der Waals surface area contributed by atoms with E-state index in [2.05, 4.69) is 15.6 Å². The van der Waals surface area contributed by atoms with Crippen LogP contribution < -0.4 is 10.6 Å². The standard InChI is InChI=1S/C17H19N3O/c1-12(13-6-9-18-10-7-13)20-17(21)15-8-11-19-16-5-3-2-4-14(15)16/h2-7,9-10,12,15,19H,8,11H2,1H3,(H,20,21). The van der Waals surface area contributed by atoms with Gasteiger partial charge in [0.2, 0.25) is 5.91 Å². The average Bonchev–Trinajstić information content (AvgIpc) is 2.55. The van der Waals surface area contributed by atoms with Gasteiger partial charge in [-0.3, -0.25) is 9.78 Å². The number of aromatic nitrogens is 1. The van der Waals surface area contributed by atoms with Crippen LogP contribution in [-0.4, -0.2) is 17.4 Å². The van der Waals surface area contributed by atoms with Gasteiger partial charge in [-0.05, 0) is 42.7 Å². The van der Waals surface area contributed by atoms with Gasteiger partial charge in [0, 0.05) is 24.6 Å². The van der Waals surface area contributed by atoms with Crippen LogP contribution in [0.4, 0.5) is 5.69 Å². The molecule has 2 unspecified atom stereocenters. The lowest BCUT2D eigenvalue weighted by Gasteiger charge is -2.27. The van der Waals surface area contributed by atoms with Crippen molar-refractivity contribution < 1.29 is 4.79 Å². The number of anilines is 1. The highest BCUT2D eigenvalue weighted by molar-refractivity contribution is 5.86. The lowest BCUT2D eigenvalue weighted by molar-refractivity contribution is -0.123. The molecule has 0 radical (unpaired) electrons. The minimum absolute atomic E-state index is 0.0115. The van der Waals surface area contributed by atoms with Gasteiger partial charge in [0.1, 0.15) is 0 Å². The van der Waals surface area contributed by atoms with E-state index in [-0.39, 0.29) is 17.9 Å². The fraction of sp³-hybridized carbons (Fsp3) is 0.294. The Bertz CT molecular complexity index is 627. The second-order valence-electron chi connectivity index (χ2n) is 5.37. The molecule has 1 aliphatic rings. The number of carbonyl (C=O) groups excluding carboxylic acids is 1. The van der Waals surface area contributed by atoms with E-state index in [0.29, 0.717) is 0 Å². The van der Waals surface area contributed by atoms with E-state index < -0.39 is 0 Å². The maximum absolute atomic E-state index is 12.6. The molecule has 1 aromatic carbocycles. The third-order valence-electron chi connectivity index (χ3n) is 3.97. The molecule has 1 aliphatic heterocycles. The number of carbonyl (C=O) groups is 1. The van der Waals surface area contributed by atoms with Gasteiger partial charge >= 0.3 is 0 Å². The van der Waals surface area contributed by atoms with Crippen molar-refractivity contribution in [3.05, 3.63) is 59.9 Å². The van der Waals surface area contributed by atoms with Crippen LogP contribution in [0.5, 0.6) is 0 Å². The van der Waals surface area contributed by atoms with Crippen molar-refractivity contribution in [3.8, 4) is 0 Å². The molecule has 0 aliphatic carbocycles. The number of benzene rings is 1. The predicted octanol–water partition coefficient (Wildman–Crippen LogP) is 2.86. The van der Waals surface area contributed by atoms with Gasteiger partial charge < -0.3 is 10.6 Å². The van der Waals surface area contributed by atoms with Crippen LogP contribution in [0.2, 0.25) is 0 Å². The summed E-state index contributed by atoms with van der Waals surface area (Å²) in [5.74, 6) is 0.0139. The SMILES string of the molecule is CC(NC(=O)C1CCNc2ccccc21)c1ccncc1. The molecule has 0 bridgehead atoms. The number of hydrogen-bond acceptors (Lipinski definition) is 3. The third-order valence-corrected chi connectivity index (χ3v) is 3.97. The van der Waals surface area contributed by atoms with Gasteiger partial charge in [0.05, 0.1) is 12.0 Å². The van der Waals surface area contributed by atoms with Crippen LogP contribution in [0.1, 0.15) is 36.4 Å². The van der Waals surface area contributed by atoms with Gasteiger partial charge in [-0.15, -0.1) is 0 Å². The molecule has 108 valence electrons. The Hall–Kier alpha value is -2.36. The zero-order valence-corrected chi connectivity index (χ0v) is 12.0. The number of fused-ring (bicyclic) bond motifs is 1. The van der Waals surface area contributed by atoms with Crippen molar-refractivity contribution in [2.24, 2.45) is 0 Å². The third kappa shape index (κ3) is 2.89. The van der Waals surface area contributed by atoms with E-state index in [9.17, 15) is 4.79 Å². The van der Waals surface area contributed by atoms with E-state index in [1.165, 1.54) is 0 Å². The molecule has 1 aromatic heterocycles. The van der Waals surface area contributed by atoms with Crippen LogP contribution in [0.25, 0.3) is 0 Å². The Morgan fingerprint density at radius 1 is 1.29 bits per heavy atom. The lowest BCUT2D eigenvalue weighted by atomic mass is 9.90. The molecule has 4 nitrogen and oxygen atoms in total. The molecule has 0 fully saturated rings. The van der Waals surface area contributed by atoms with Crippen molar-refractivity contribution in [1.82, 2.24) is 10.3 Å². The molecule has 2 aromatic rings. The van der Waals surface area contributed by atoms with Gasteiger partial charge in [0.25, 0.3) is 0 Å². The van der Waals surface area contributed by atoms with Gasteiger partial charge in [0.15, 0.2) is 0 Å². The first kappa shape index (κ1) is 13.6. The summed E-state index contributed by atoms with van der Waals surface area (Å²) in [4.78, 5) is 16.6. The van der Waals surface area contributed by atoms with Crippen LogP contribution in [0, 0.1) is 0 Å². The lowest BCUT2D eigenvalue weighted by Crippen LogP contribution is -2.34. The summed E-state index contributed by atoms with van der Waals surface area (Å²) in [5.41, 5.74) is 3.23. The highest BCUT2D eigenvalue weighted by Gasteiger charge is 2.26. The van der Waals surface area contributed by atoms with E-state index in [4.69, 9.17) is 0 Å². The predicted molar refractivity (Wildman–Crippen MR) is 83.1 cm³/mol. The second kappa shape index (κ2) is 5.95. The molecule has 3 rings (SSSR count). The van der Waals surface area contributed by atoms with Gasteiger partial charge in [-0.25, -0.2) is 0 Å². The Kier molecular flexibility index (Phi) is 3.86. The first-order valence-electron chi connectivity index (χ1n) is 7.29. The Balaban J connectivity index is 1.75. The minimum Gasteiger partial charge on any atom is -0.385 e. The number of para-hydroxylation sites is 1. The van der Waals surface area contributed by atoms with Crippen LogP contribution in [0.3, 0.4) is 0 Å². The highest BCUT2D eigenvalue weighted by atomic mass is 16.1. The Labute approximate surface area is 124 Å². The maximum Gasteiger partial charge on any atom is 0.228 e. The summed E-state index contributed by atoms with van der Waals surface area (Å²) in [6, 6.07) is 11.9. The minimum atomic E-state index is -0.0771. The summed E-state index contributed by atoms with van der Waals surface area (Å²) in [7, 11) is 0. The molecule has 2 atom stereocenters. The normalized spacial score (nSPS) is 18.2. The average molecular weight is 281 g/mol. The van der Waals surface area contributed by atoms with E-state index >= 15 is 0 Å². The summed E-state index contributed by atoms with van der Waals surface area (Å²) >= 11 is 0. The largest absolute Gasteiger partial charge is 0.385 e. The van der Waals surface area contributed by atoms with Crippen molar-refractivity contribution >= 4 is 11.6 Å². The topological polar surface area (TPSA) is 54.0 Å². The molecule has 2 N–H and O–H groups in total. The van der Waals surface area contributed by atoms with E-state index in [0.717, 1.165) is 29.8 Å². The number of hydrogen-bond donors (Lipinski definition) is 2. The van der Waals surface area contributed by atoms with Crippen LogP contribution in [-0.2, 0) is 4.79 Å². The molecule has 0 spiro atoms. The number of nitrogens with one attached hydrogen (secondary N) is 2. The van der Waals surface area contributed by atoms with Crippen molar-refractivity contribution in [3.63, 3.8) is 0 Å². The molecule has 2 heterocycles. The molecule has 1 amide bonds. The molecule has 21 heavy (non-hydrogen) atoms. The number of pyridine rings is 1. The zero-order valence-electron chi connectivity index (χ0n) is 12.0. The van der Waals surface area contributed by atoms with E-state index in [1.807, 2.05) is 43.3 Å². The highest BCUT2D eigenvalue weighted by Crippen LogP contribution is 2.31. The molecular weight excluding hydrogens is 262 g/mol. The second-order valence-corrected chi connectivity index (χ2v) is 5.37. The van der Waals surface area contributed by atoms with Crippen LogP contribution >= 0.6 is 0 Å². The number of amides is 1. The quantitative estimate of drug-likeness (QED) is 0.909.